The van der Waals surface area contributed by atoms with Gasteiger partial charge in [-0.25, -0.2) is 8.42 Å². The highest BCUT2D eigenvalue weighted by Crippen LogP contribution is 2.22. The van der Waals surface area contributed by atoms with E-state index in [1.54, 1.807) is 19.1 Å². The number of amides is 1. The molecule has 0 aromatic heterocycles. The molecule has 0 unspecified atom stereocenters. The monoisotopic (exact) mass is 416 g/mol. The van der Waals surface area contributed by atoms with Crippen LogP contribution < -0.4 is 10.1 Å². The van der Waals surface area contributed by atoms with Crippen molar-refractivity contribution in [2.24, 2.45) is 0 Å². The first-order valence-corrected chi connectivity index (χ1v) is 11.4. The normalized spacial score (nSPS) is 16.2. The number of aryl methyl sites for hydroxylation is 2. The number of carbonyl (C=O) groups is 1. The SMILES string of the molecule is Cc1ccc(O[C@H](C)C(=O)Nc2ccc(S(=O)(=O)N3CCCCC3)cc2)cc1C. The van der Waals surface area contributed by atoms with Gasteiger partial charge in [-0.1, -0.05) is 12.5 Å². The Bertz CT molecular complexity index is 965. The molecule has 29 heavy (non-hydrogen) atoms. The highest BCUT2D eigenvalue weighted by atomic mass is 32.2. The van der Waals surface area contributed by atoms with Crippen LogP contribution in [0.25, 0.3) is 0 Å². The van der Waals surface area contributed by atoms with E-state index >= 15 is 0 Å². The summed E-state index contributed by atoms with van der Waals surface area (Å²) in [6.07, 6.45) is 2.17. The summed E-state index contributed by atoms with van der Waals surface area (Å²) in [5, 5.41) is 2.77. The third-order valence-electron chi connectivity index (χ3n) is 5.24. The van der Waals surface area contributed by atoms with Crippen molar-refractivity contribution in [3.05, 3.63) is 53.6 Å². The van der Waals surface area contributed by atoms with Gasteiger partial charge in [-0.2, -0.15) is 4.31 Å². The van der Waals surface area contributed by atoms with Crippen LogP contribution in [0.2, 0.25) is 0 Å². The second-order valence-electron chi connectivity index (χ2n) is 7.48. The molecule has 1 N–H and O–H groups in total. The fourth-order valence-corrected chi connectivity index (χ4v) is 4.77. The van der Waals surface area contributed by atoms with Gasteiger partial charge in [0.15, 0.2) is 6.10 Å². The van der Waals surface area contributed by atoms with Gasteiger partial charge in [0, 0.05) is 18.8 Å². The van der Waals surface area contributed by atoms with Crippen LogP contribution in [-0.2, 0) is 14.8 Å². The molecular weight excluding hydrogens is 388 g/mol. The lowest BCUT2D eigenvalue weighted by Gasteiger charge is -2.25. The van der Waals surface area contributed by atoms with Crippen LogP contribution in [0.3, 0.4) is 0 Å². The molecule has 1 atom stereocenters. The standard InChI is InChI=1S/C22H28N2O4S/c1-16-7-10-20(15-17(16)2)28-18(3)22(25)23-19-8-11-21(12-9-19)29(26,27)24-13-5-4-6-14-24/h7-12,15,18H,4-6,13-14H2,1-3H3,(H,23,25)/t18-/m1/s1. The van der Waals surface area contributed by atoms with Crippen molar-refractivity contribution in [1.29, 1.82) is 0 Å². The van der Waals surface area contributed by atoms with E-state index in [9.17, 15) is 13.2 Å². The van der Waals surface area contributed by atoms with Gasteiger partial charge in [-0.3, -0.25) is 4.79 Å². The Hall–Kier alpha value is -2.38. The van der Waals surface area contributed by atoms with E-state index in [1.807, 2.05) is 32.0 Å². The largest absolute Gasteiger partial charge is 0.481 e. The van der Waals surface area contributed by atoms with Crippen LogP contribution in [-0.4, -0.2) is 37.8 Å². The lowest BCUT2D eigenvalue weighted by molar-refractivity contribution is -0.122. The molecule has 156 valence electrons. The van der Waals surface area contributed by atoms with E-state index in [4.69, 9.17) is 4.74 Å². The number of carbonyl (C=O) groups excluding carboxylic acids is 1. The summed E-state index contributed by atoms with van der Waals surface area (Å²) in [5.74, 6) is 0.341. The second-order valence-corrected chi connectivity index (χ2v) is 9.42. The summed E-state index contributed by atoms with van der Waals surface area (Å²) in [7, 11) is -3.48. The predicted molar refractivity (Wildman–Crippen MR) is 114 cm³/mol. The zero-order valence-corrected chi connectivity index (χ0v) is 18.0. The fourth-order valence-electron chi connectivity index (χ4n) is 3.25. The number of benzene rings is 2. The molecule has 1 saturated heterocycles. The molecule has 2 aromatic carbocycles. The number of piperidine rings is 1. The highest BCUT2D eigenvalue weighted by Gasteiger charge is 2.25. The first-order valence-electron chi connectivity index (χ1n) is 9.92. The lowest BCUT2D eigenvalue weighted by atomic mass is 10.1. The number of sulfonamides is 1. The second kappa shape index (κ2) is 8.97. The molecule has 0 radical (unpaired) electrons. The predicted octanol–water partition coefficient (Wildman–Crippen LogP) is 3.88. The van der Waals surface area contributed by atoms with Crippen molar-refractivity contribution in [2.75, 3.05) is 18.4 Å². The Morgan fingerprint density at radius 2 is 1.66 bits per heavy atom. The van der Waals surface area contributed by atoms with E-state index in [1.165, 1.54) is 16.4 Å². The summed E-state index contributed by atoms with van der Waals surface area (Å²) in [4.78, 5) is 12.7. The Balaban J connectivity index is 1.62. The maximum absolute atomic E-state index is 12.7. The molecule has 2 aromatic rings. The van der Waals surface area contributed by atoms with Crippen LogP contribution in [0.4, 0.5) is 5.69 Å². The van der Waals surface area contributed by atoms with Crippen molar-refractivity contribution >= 4 is 21.6 Å². The van der Waals surface area contributed by atoms with Crippen molar-refractivity contribution in [3.8, 4) is 5.75 Å². The average molecular weight is 417 g/mol. The Morgan fingerprint density at radius 1 is 1.00 bits per heavy atom. The summed E-state index contributed by atoms with van der Waals surface area (Å²) in [6, 6.07) is 12.0. The first-order chi connectivity index (χ1) is 13.8. The molecule has 0 aliphatic carbocycles. The van der Waals surface area contributed by atoms with Crippen LogP contribution in [0.15, 0.2) is 47.4 Å². The smallest absolute Gasteiger partial charge is 0.265 e. The zero-order valence-electron chi connectivity index (χ0n) is 17.1. The zero-order chi connectivity index (χ0) is 21.0. The number of nitrogens with one attached hydrogen (secondary N) is 1. The molecular formula is C22H28N2O4S. The molecule has 3 rings (SSSR count). The van der Waals surface area contributed by atoms with Crippen LogP contribution >= 0.6 is 0 Å². The van der Waals surface area contributed by atoms with Gasteiger partial charge in [0.05, 0.1) is 4.90 Å². The third-order valence-corrected chi connectivity index (χ3v) is 7.15. The number of nitrogens with zero attached hydrogens (tertiary/aromatic N) is 1. The Morgan fingerprint density at radius 3 is 2.28 bits per heavy atom. The van der Waals surface area contributed by atoms with Gasteiger partial charge in [-0.05, 0) is 81.1 Å². The molecule has 1 aliphatic heterocycles. The maximum atomic E-state index is 12.7. The van der Waals surface area contributed by atoms with Gasteiger partial charge >= 0.3 is 0 Å². The lowest BCUT2D eigenvalue weighted by Crippen LogP contribution is -2.35. The molecule has 0 bridgehead atoms. The molecule has 1 amide bonds. The van der Waals surface area contributed by atoms with Gasteiger partial charge in [0.2, 0.25) is 10.0 Å². The molecule has 0 spiro atoms. The first kappa shape index (κ1) is 21.3. The molecule has 0 saturated carbocycles. The minimum atomic E-state index is -3.48. The highest BCUT2D eigenvalue weighted by molar-refractivity contribution is 7.89. The average Bonchev–Trinajstić information content (AvgIpc) is 2.72. The Kier molecular flexibility index (Phi) is 6.59. The third kappa shape index (κ3) is 5.16. The van der Waals surface area contributed by atoms with Crippen LogP contribution in [0, 0.1) is 13.8 Å². The summed E-state index contributed by atoms with van der Waals surface area (Å²) in [6.45, 7) is 6.82. The van der Waals surface area contributed by atoms with E-state index in [0.717, 1.165) is 30.4 Å². The van der Waals surface area contributed by atoms with Crippen molar-refractivity contribution < 1.29 is 17.9 Å². The molecule has 1 fully saturated rings. The number of ether oxygens (including phenoxy) is 1. The molecule has 7 heteroatoms. The van der Waals surface area contributed by atoms with E-state index in [-0.39, 0.29) is 10.8 Å². The number of anilines is 1. The van der Waals surface area contributed by atoms with Crippen molar-refractivity contribution in [3.63, 3.8) is 0 Å². The van der Waals surface area contributed by atoms with Gasteiger partial charge < -0.3 is 10.1 Å². The van der Waals surface area contributed by atoms with E-state index in [2.05, 4.69) is 5.32 Å². The minimum absolute atomic E-state index is 0.247. The molecule has 1 aliphatic rings. The summed E-state index contributed by atoms with van der Waals surface area (Å²) in [5.41, 5.74) is 2.79. The maximum Gasteiger partial charge on any atom is 0.265 e. The summed E-state index contributed by atoms with van der Waals surface area (Å²) >= 11 is 0. The van der Waals surface area contributed by atoms with Gasteiger partial charge in [0.25, 0.3) is 5.91 Å². The van der Waals surface area contributed by atoms with Crippen LogP contribution in [0.1, 0.15) is 37.3 Å². The van der Waals surface area contributed by atoms with E-state index < -0.39 is 16.1 Å². The number of rotatable bonds is 6. The van der Waals surface area contributed by atoms with Gasteiger partial charge in [-0.15, -0.1) is 0 Å². The minimum Gasteiger partial charge on any atom is -0.481 e. The van der Waals surface area contributed by atoms with Crippen molar-refractivity contribution in [2.45, 2.75) is 51.0 Å². The van der Waals surface area contributed by atoms with E-state index in [0.29, 0.717) is 24.5 Å². The van der Waals surface area contributed by atoms with Crippen LogP contribution in [0.5, 0.6) is 5.75 Å². The topological polar surface area (TPSA) is 75.7 Å². The number of hydrogen-bond donors (Lipinski definition) is 1. The molecule has 6 nitrogen and oxygen atoms in total. The molecule has 1 heterocycles. The van der Waals surface area contributed by atoms with Crippen molar-refractivity contribution in [1.82, 2.24) is 4.31 Å². The van der Waals surface area contributed by atoms with Gasteiger partial charge in [0.1, 0.15) is 5.75 Å². The number of hydrogen-bond acceptors (Lipinski definition) is 4. The Labute approximate surface area is 172 Å². The summed E-state index contributed by atoms with van der Waals surface area (Å²) < 4.78 is 32.7. The fraction of sp³-hybridized carbons (Fsp3) is 0.409. The quantitative estimate of drug-likeness (QED) is 0.775.